The zero-order valence-corrected chi connectivity index (χ0v) is 12.0. The van der Waals surface area contributed by atoms with Gasteiger partial charge < -0.3 is 15.1 Å². The summed E-state index contributed by atoms with van der Waals surface area (Å²) >= 11 is 0. The Morgan fingerprint density at radius 3 is 2.80 bits per heavy atom. The maximum atomic E-state index is 5.86. The highest BCUT2D eigenvalue weighted by Crippen LogP contribution is 2.23. The second-order valence-corrected chi connectivity index (χ2v) is 5.44. The average molecular weight is 274 g/mol. The summed E-state index contributed by atoms with van der Waals surface area (Å²) < 4.78 is 5.86. The second kappa shape index (κ2) is 5.81. The van der Waals surface area contributed by atoms with Crippen molar-refractivity contribution < 1.29 is 4.42 Å². The molecule has 5 heteroatoms. The van der Waals surface area contributed by atoms with Gasteiger partial charge in [-0.05, 0) is 44.1 Å². The van der Waals surface area contributed by atoms with Gasteiger partial charge in [-0.1, -0.05) is 6.07 Å². The smallest absolute Gasteiger partial charge is 0.298 e. The van der Waals surface area contributed by atoms with Crippen LogP contribution in [0.3, 0.4) is 0 Å². The molecule has 20 heavy (non-hydrogen) atoms. The Hall–Kier alpha value is -1.59. The molecule has 1 aromatic heterocycles. The van der Waals surface area contributed by atoms with Crippen molar-refractivity contribution in [2.75, 3.05) is 44.2 Å². The Morgan fingerprint density at radius 1 is 1.25 bits per heavy atom. The molecule has 0 atom stereocenters. The first-order valence-electron chi connectivity index (χ1n) is 7.31. The summed E-state index contributed by atoms with van der Waals surface area (Å²) in [5.41, 5.74) is 8.59. The molecular formula is C15H22N4O. The normalized spacial score (nSPS) is 17.0. The lowest BCUT2D eigenvalue weighted by molar-refractivity contribution is 0.252. The van der Waals surface area contributed by atoms with Gasteiger partial charge in [-0.15, -0.1) is 0 Å². The van der Waals surface area contributed by atoms with E-state index in [4.69, 9.17) is 10.2 Å². The van der Waals surface area contributed by atoms with E-state index in [9.17, 15) is 0 Å². The molecule has 1 fully saturated rings. The van der Waals surface area contributed by atoms with E-state index in [1.807, 2.05) is 6.07 Å². The predicted molar refractivity (Wildman–Crippen MR) is 81.1 cm³/mol. The molecule has 0 spiro atoms. The molecule has 0 bridgehead atoms. The number of piperazine rings is 1. The average Bonchev–Trinajstić information content (AvgIpc) is 2.88. The fourth-order valence-corrected chi connectivity index (χ4v) is 2.64. The van der Waals surface area contributed by atoms with E-state index in [2.05, 4.69) is 33.8 Å². The quantitative estimate of drug-likeness (QED) is 0.918. The second-order valence-electron chi connectivity index (χ2n) is 5.44. The third-order valence-electron chi connectivity index (χ3n) is 3.85. The first-order valence-corrected chi connectivity index (χ1v) is 7.31. The molecule has 108 valence electrons. The van der Waals surface area contributed by atoms with Crippen LogP contribution in [0, 0.1) is 6.92 Å². The number of hydrogen-bond acceptors (Lipinski definition) is 5. The third-order valence-corrected chi connectivity index (χ3v) is 3.85. The first-order chi connectivity index (χ1) is 9.76. The van der Waals surface area contributed by atoms with Crippen molar-refractivity contribution in [2.45, 2.75) is 13.3 Å². The zero-order valence-electron chi connectivity index (χ0n) is 12.0. The van der Waals surface area contributed by atoms with Gasteiger partial charge in [0.25, 0.3) is 6.01 Å². The Balaban J connectivity index is 1.67. The van der Waals surface area contributed by atoms with Gasteiger partial charge in [-0.2, -0.15) is 4.98 Å². The van der Waals surface area contributed by atoms with Crippen LogP contribution in [0.25, 0.3) is 11.1 Å². The van der Waals surface area contributed by atoms with Gasteiger partial charge in [0.05, 0.1) is 0 Å². The molecule has 0 saturated carbocycles. The summed E-state index contributed by atoms with van der Waals surface area (Å²) in [5.74, 6) is 0. The highest BCUT2D eigenvalue weighted by atomic mass is 16.4. The molecule has 1 aliphatic heterocycles. The summed E-state index contributed by atoms with van der Waals surface area (Å²) in [6.45, 7) is 7.98. The van der Waals surface area contributed by atoms with Crippen molar-refractivity contribution in [1.29, 1.82) is 0 Å². The van der Waals surface area contributed by atoms with Gasteiger partial charge in [0, 0.05) is 26.2 Å². The number of benzene rings is 1. The zero-order chi connectivity index (χ0) is 13.9. The first kappa shape index (κ1) is 13.4. The molecule has 0 aliphatic carbocycles. The van der Waals surface area contributed by atoms with Crippen LogP contribution in [0.1, 0.15) is 12.0 Å². The fraction of sp³-hybridized carbons (Fsp3) is 0.533. The van der Waals surface area contributed by atoms with E-state index in [0.717, 1.165) is 62.8 Å². The Labute approximate surface area is 119 Å². The third kappa shape index (κ3) is 2.78. The minimum absolute atomic E-state index is 0.754. The van der Waals surface area contributed by atoms with Crippen molar-refractivity contribution >= 4 is 17.1 Å². The Bertz CT molecular complexity index is 572. The van der Waals surface area contributed by atoms with Crippen LogP contribution in [-0.4, -0.2) is 49.2 Å². The predicted octanol–water partition coefficient (Wildman–Crippen LogP) is 1.61. The number of fused-ring (bicyclic) bond motifs is 1. The van der Waals surface area contributed by atoms with Crippen LogP contribution in [0.5, 0.6) is 0 Å². The highest BCUT2D eigenvalue weighted by molar-refractivity contribution is 5.75. The van der Waals surface area contributed by atoms with Gasteiger partial charge in [0.1, 0.15) is 5.52 Å². The molecule has 5 nitrogen and oxygen atoms in total. The molecule has 3 rings (SSSR count). The summed E-state index contributed by atoms with van der Waals surface area (Å²) in [6, 6.07) is 6.88. The maximum Gasteiger partial charge on any atom is 0.298 e. The minimum Gasteiger partial charge on any atom is -0.423 e. The molecule has 2 aromatic rings. The molecule has 1 saturated heterocycles. The lowest BCUT2D eigenvalue weighted by atomic mass is 10.2. The highest BCUT2D eigenvalue weighted by Gasteiger charge is 2.20. The molecule has 2 N–H and O–H groups in total. The van der Waals surface area contributed by atoms with Crippen LogP contribution in [-0.2, 0) is 0 Å². The summed E-state index contributed by atoms with van der Waals surface area (Å²) in [5, 5.41) is 0. The van der Waals surface area contributed by atoms with E-state index < -0.39 is 0 Å². The van der Waals surface area contributed by atoms with Crippen LogP contribution >= 0.6 is 0 Å². The summed E-state index contributed by atoms with van der Waals surface area (Å²) in [4.78, 5) is 9.29. The molecule has 0 radical (unpaired) electrons. The number of rotatable bonds is 4. The van der Waals surface area contributed by atoms with E-state index in [-0.39, 0.29) is 0 Å². The topological polar surface area (TPSA) is 58.5 Å². The lowest BCUT2D eigenvalue weighted by Gasteiger charge is -2.33. The molecule has 2 heterocycles. The van der Waals surface area contributed by atoms with Crippen LogP contribution in [0.4, 0.5) is 6.01 Å². The van der Waals surface area contributed by atoms with Crippen LogP contribution in [0.15, 0.2) is 22.6 Å². The molecule has 1 aliphatic rings. The van der Waals surface area contributed by atoms with Crippen molar-refractivity contribution in [3.05, 3.63) is 23.8 Å². The van der Waals surface area contributed by atoms with Crippen molar-refractivity contribution in [1.82, 2.24) is 9.88 Å². The molecule has 1 aromatic carbocycles. The van der Waals surface area contributed by atoms with Crippen molar-refractivity contribution in [3.63, 3.8) is 0 Å². The molecular weight excluding hydrogens is 252 g/mol. The SMILES string of the molecule is Cc1ccc2oc(N3CCN(CCCN)CC3)nc2c1. The van der Waals surface area contributed by atoms with Crippen LogP contribution < -0.4 is 10.6 Å². The number of aryl methyl sites for hydroxylation is 1. The lowest BCUT2D eigenvalue weighted by Crippen LogP contribution is -2.47. The van der Waals surface area contributed by atoms with Crippen LogP contribution in [0.2, 0.25) is 0 Å². The van der Waals surface area contributed by atoms with E-state index in [1.54, 1.807) is 0 Å². The number of oxazole rings is 1. The van der Waals surface area contributed by atoms with Gasteiger partial charge in [-0.25, -0.2) is 0 Å². The van der Waals surface area contributed by atoms with E-state index in [0.29, 0.717) is 0 Å². The van der Waals surface area contributed by atoms with Crippen molar-refractivity contribution in [3.8, 4) is 0 Å². The summed E-state index contributed by atoms with van der Waals surface area (Å²) in [7, 11) is 0. The van der Waals surface area contributed by atoms with Gasteiger partial charge in [-0.3, -0.25) is 4.90 Å². The molecule has 0 amide bonds. The monoisotopic (exact) mass is 274 g/mol. The fourth-order valence-electron chi connectivity index (χ4n) is 2.64. The maximum absolute atomic E-state index is 5.86. The van der Waals surface area contributed by atoms with Gasteiger partial charge in [0.15, 0.2) is 5.58 Å². The number of hydrogen-bond donors (Lipinski definition) is 1. The van der Waals surface area contributed by atoms with Gasteiger partial charge >= 0.3 is 0 Å². The van der Waals surface area contributed by atoms with Crippen molar-refractivity contribution in [2.24, 2.45) is 5.73 Å². The summed E-state index contributed by atoms with van der Waals surface area (Å²) in [6.07, 6.45) is 1.07. The van der Waals surface area contributed by atoms with Gasteiger partial charge in [0.2, 0.25) is 0 Å². The molecule has 0 unspecified atom stereocenters. The Morgan fingerprint density at radius 2 is 2.05 bits per heavy atom. The number of aromatic nitrogens is 1. The number of anilines is 1. The minimum atomic E-state index is 0.754. The standard InChI is InChI=1S/C15H22N4O/c1-12-3-4-14-13(11-12)17-15(20-14)19-9-7-18(8-10-19)6-2-5-16/h3-4,11H,2,5-10,16H2,1H3. The number of nitrogens with two attached hydrogens (primary N) is 1. The number of nitrogens with zero attached hydrogens (tertiary/aromatic N) is 3. The van der Waals surface area contributed by atoms with E-state index >= 15 is 0 Å². The van der Waals surface area contributed by atoms with E-state index in [1.165, 1.54) is 5.56 Å². The largest absolute Gasteiger partial charge is 0.423 e. The Kier molecular flexibility index (Phi) is 3.89.